The molecule has 1 aromatic heterocycles. The van der Waals surface area contributed by atoms with E-state index in [0.717, 1.165) is 11.6 Å². The Morgan fingerprint density at radius 2 is 1.76 bits per heavy atom. The summed E-state index contributed by atoms with van der Waals surface area (Å²) in [6.07, 6.45) is -4.38. The van der Waals surface area contributed by atoms with Crippen molar-refractivity contribution in [2.24, 2.45) is 0 Å². The fraction of sp³-hybridized carbons (Fsp3) is 0.474. The Kier molecular flexibility index (Phi) is 6.76. The summed E-state index contributed by atoms with van der Waals surface area (Å²) in [4.78, 5) is 16.4. The molecule has 158 valence electrons. The van der Waals surface area contributed by atoms with E-state index in [9.17, 15) is 18.0 Å². The van der Waals surface area contributed by atoms with Crippen molar-refractivity contribution in [2.45, 2.75) is 32.6 Å². The van der Waals surface area contributed by atoms with Gasteiger partial charge < -0.3 is 4.90 Å². The molecule has 1 fully saturated rings. The zero-order valence-electron chi connectivity index (χ0n) is 15.8. The SMILES string of the molecule is Cc1cc(C(F)(F)F)nn1CCC(=O)N1CCN(Cc2c(Cl)cccc2Cl)CC1. The molecule has 10 heteroatoms. The van der Waals surface area contributed by atoms with E-state index in [1.165, 1.54) is 4.68 Å². The smallest absolute Gasteiger partial charge is 0.340 e. The van der Waals surface area contributed by atoms with Crippen molar-refractivity contribution < 1.29 is 18.0 Å². The third-order valence-corrected chi connectivity index (χ3v) is 5.69. The molecule has 1 saturated heterocycles. The second kappa shape index (κ2) is 8.93. The Bertz CT molecular complexity index is 857. The summed E-state index contributed by atoms with van der Waals surface area (Å²) in [6, 6.07) is 6.38. The quantitative estimate of drug-likeness (QED) is 0.686. The summed E-state index contributed by atoms with van der Waals surface area (Å²) < 4.78 is 39.5. The van der Waals surface area contributed by atoms with Crippen molar-refractivity contribution in [3.05, 3.63) is 51.3 Å². The average Bonchev–Trinajstić information content (AvgIpc) is 3.04. The highest BCUT2D eigenvalue weighted by Gasteiger charge is 2.34. The fourth-order valence-corrected chi connectivity index (χ4v) is 3.81. The number of aromatic nitrogens is 2. The Labute approximate surface area is 177 Å². The average molecular weight is 449 g/mol. The first-order chi connectivity index (χ1) is 13.6. The lowest BCUT2D eigenvalue weighted by atomic mass is 10.2. The number of rotatable bonds is 5. The van der Waals surface area contributed by atoms with E-state index < -0.39 is 11.9 Å². The number of alkyl halides is 3. The number of halogens is 5. The number of hydrogen-bond donors (Lipinski definition) is 0. The maximum atomic E-state index is 12.7. The van der Waals surface area contributed by atoms with Crippen molar-refractivity contribution in [1.29, 1.82) is 0 Å². The number of amides is 1. The fourth-order valence-electron chi connectivity index (χ4n) is 3.30. The van der Waals surface area contributed by atoms with Gasteiger partial charge in [0.1, 0.15) is 0 Å². The molecule has 0 spiro atoms. The van der Waals surface area contributed by atoms with Crippen LogP contribution in [0.5, 0.6) is 0 Å². The summed E-state index contributed by atoms with van der Waals surface area (Å²) in [7, 11) is 0. The van der Waals surface area contributed by atoms with Crippen LogP contribution >= 0.6 is 23.2 Å². The number of piperazine rings is 1. The Morgan fingerprint density at radius 1 is 1.14 bits per heavy atom. The van der Waals surface area contributed by atoms with Gasteiger partial charge in [0.25, 0.3) is 0 Å². The van der Waals surface area contributed by atoms with E-state index in [2.05, 4.69) is 10.00 Å². The number of aryl methyl sites for hydroxylation is 2. The predicted octanol–water partition coefficient (Wildman–Crippen LogP) is 4.25. The number of benzene rings is 1. The first-order valence-corrected chi connectivity index (χ1v) is 9.95. The Hall–Kier alpha value is -1.77. The van der Waals surface area contributed by atoms with Crippen LogP contribution < -0.4 is 0 Å². The normalized spacial score (nSPS) is 15.7. The number of carbonyl (C=O) groups excluding carboxylic acids is 1. The lowest BCUT2D eigenvalue weighted by Crippen LogP contribution is -2.48. The highest BCUT2D eigenvalue weighted by atomic mass is 35.5. The second-order valence-corrected chi connectivity index (χ2v) is 7.81. The van der Waals surface area contributed by atoms with Crippen LogP contribution in [0.1, 0.15) is 23.4 Å². The van der Waals surface area contributed by atoms with Gasteiger partial charge in [-0.25, -0.2) is 0 Å². The van der Waals surface area contributed by atoms with E-state index in [1.807, 2.05) is 0 Å². The molecule has 1 aromatic carbocycles. The molecule has 1 aliphatic heterocycles. The van der Waals surface area contributed by atoms with Crippen molar-refractivity contribution in [2.75, 3.05) is 26.2 Å². The molecule has 1 amide bonds. The first-order valence-electron chi connectivity index (χ1n) is 9.20. The maximum Gasteiger partial charge on any atom is 0.435 e. The number of carbonyl (C=O) groups is 1. The lowest BCUT2D eigenvalue weighted by molar-refractivity contribution is -0.141. The third-order valence-electron chi connectivity index (χ3n) is 4.98. The zero-order chi connectivity index (χ0) is 21.2. The summed E-state index contributed by atoms with van der Waals surface area (Å²) in [5.74, 6) is -0.0936. The minimum absolute atomic E-state index is 0.0936. The van der Waals surface area contributed by atoms with Crippen LogP contribution in [0.3, 0.4) is 0 Å². The van der Waals surface area contributed by atoms with Crippen molar-refractivity contribution in [3.8, 4) is 0 Å². The van der Waals surface area contributed by atoms with Gasteiger partial charge in [0.15, 0.2) is 5.69 Å². The summed E-state index contributed by atoms with van der Waals surface area (Å²) in [6.45, 7) is 4.72. The number of nitrogens with zero attached hydrogens (tertiary/aromatic N) is 4. The Morgan fingerprint density at radius 3 is 2.31 bits per heavy atom. The molecule has 2 heterocycles. The van der Waals surface area contributed by atoms with Gasteiger partial charge in [0, 0.05) is 67.0 Å². The predicted molar refractivity (Wildman–Crippen MR) is 105 cm³/mol. The molecule has 1 aliphatic rings. The minimum Gasteiger partial charge on any atom is -0.340 e. The van der Waals surface area contributed by atoms with Gasteiger partial charge in [-0.3, -0.25) is 14.4 Å². The van der Waals surface area contributed by atoms with Crippen LogP contribution in [-0.2, 0) is 24.1 Å². The van der Waals surface area contributed by atoms with Gasteiger partial charge in [-0.15, -0.1) is 0 Å². The Balaban J connectivity index is 1.50. The molecule has 0 unspecified atom stereocenters. The van der Waals surface area contributed by atoms with Gasteiger partial charge in [0.05, 0.1) is 0 Å². The van der Waals surface area contributed by atoms with Gasteiger partial charge in [-0.05, 0) is 25.1 Å². The molecule has 0 N–H and O–H groups in total. The minimum atomic E-state index is -4.49. The van der Waals surface area contributed by atoms with Crippen LogP contribution in [0.15, 0.2) is 24.3 Å². The lowest BCUT2D eigenvalue weighted by Gasteiger charge is -2.35. The van der Waals surface area contributed by atoms with Crippen LogP contribution in [0, 0.1) is 6.92 Å². The summed E-state index contributed by atoms with van der Waals surface area (Å²) in [5.41, 5.74) is 0.311. The molecule has 5 nitrogen and oxygen atoms in total. The van der Waals surface area contributed by atoms with E-state index in [-0.39, 0.29) is 18.9 Å². The third kappa shape index (κ3) is 5.43. The number of hydrogen-bond acceptors (Lipinski definition) is 3. The molecule has 0 radical (unpaired) electrons. The maximum absolute atomic E-state index is 12.7. The largest absolute Gasteiger partial charge is 0.435 e. The van der Waals surface area contributed by atoms with E-state index in [4.69, 9.17) is 23.2 Å². The van der Waals surface area contributed by atoms with Crippen molar-refractivity contribution in [3.63, 3.8) is 0 Å². The first kappa shape index (κ1) is 21.9. The van der Waals surface area contributed by atoms with Gasteiger partial charge in [-0.2, -0.15) is 18.3 Å². The molecule has 0 bridgehead atoms. The summed E-state index contributed by atoms with van der Waals surface area (Å²) >= 11 is 12.4. The van der Waals surface area contributed by atoms with Gasteiger partial charge in [-0.1, -0.05) is 29.3 Å². The monoisotopic (exact) mass is 448 g/mol. The van der Waals surface area contributed by atoms with Crippen LogP contribution in [0.4, 0.5) is 13.2 Å². The highest BCUT2D eigenvalue weighted by molar-refractivity contribution is 6.35. The van der Waals surface area contributed by atoms with E-state index in [0.29, 0.717) is 48.5 Å². The highest BCUT2D eigenvalue weighted by Crippen LogP contribution is 2.28. The molecule has 2 aromatic rings. The molecule has 0 aliphatic carbocycles. The van der Waals surface area contributed by atoms with Crippen LogP contribution in [-0.4, -0.2) is 51.7 Å². The van der Waals surface area contributed by atoms with Gasteiger partial charge >= 0.3 is 6.18 Å². The summed E-state index contributed by atoms with van der Waals surface area (Å²) in [5, 5.41) is 4.79. The van der Waals surface area contributed by atoms with Crippen LogP contribution in [0.2, 0.25) is 10.0 Å². The molecular formula is C19H21Cl2F3N4O. The van der Waals surface area contributed by atoms with E-state index >= 15 is 0 Å². The molecular weight excluding hydrogens is 428 g/mol. The second-order valence-electron chi connectivity index (χ2n) is 7.00. The van der Waals surface area contributed by atoms with Crippen molar-refractivity contribution >= 4 is 29.1 Å². The zero-order valence-corrected chi connectivity index (χ0v) is 17.4. The molecule has 0 atom stereocenters. The van der Waals surface area contributed by atoms with Gasteiger partial charge in [0.2, 0.25) is 5.91 Å². The standard InChI is InChI=1S/C19H21Cl2F3N4O/c1-13-11-17(19(22,23)24)25-28(13)6-5-18(29)27-9-7-26(8-10-27)12-14-15(20)3-2-4-16(14)21/h2-4,11H,5-10,12H2,1H3. The van der Waals surface area contributed by atoms with E-state index in [1.54, 1.807) is 30.0 Å². The van der Waals surface area contributed by atoms with Crippen LogP contribution in [0.25, 0.3) is 0 Å². The molecule has 3 rings (SSSR count). The molecule has 0 saturated carbocycles. The van der Waals surface area contributed by atoms with Crippen molar-refractivity contribution in [1.82, 2.24) is 19.6 Å². The molecule has 29 heavy (non-hydrogen) atoms. The topological polar surface area (TPSA) is 41.4 Å².